The maximum atomic E-state index is 13.1. The van der Waals surface area contributed by atoms with Crippen LogP contribution in [0.3, 0.4) is 0 Å². The first-order chi connectivity index (χ1) is 14.8. The van der Waals surface area contributed by atoms with Crippen molar-refractivity contribution in [3.63, 3.8) is 0 Å². The molecule has 4 rings (SSSR count). The average molecular weight is 505 g/mol. The molecular formula is C21H21BrN4O4S. The monoisotopic (exact) mass is 504 g/mol. The molecule has 0 unspecified atom stereocenters. The van der Waals surface area contributed by atoms with Gasteiger partial charge in [-0.15, -0.1) is 11.3 Å². The number of nitrogens with zero attached hydrogens (tertiary/aromatic N) is 3. The number of rotatable bonds is 4. The molecule has 0 spiro atoms. The summed E-state index contributed by atoms with van der Waals surface area (Å²) in [5, 5.41) is 3.28. The number of aryl methyl sites for hydroxylation is 2. The molecule has 1 saturated heterocycles. The maximum absolute atomic E-state index is 13.1. The number of anilines is 1. The van der Waals surface area contributed by atoms with Crippen LogP contribution in [-0.4, -0.2) is 52.6 Å². The minimum absolute atomic E-state index is 0.0866. The zero-order valence-corrected chi connectivity index (χ0v) is 19.5. The summed E-state index contributed by atoms with van der Waals surface area (Å²) in [6, 6.07) is 5.59. The van der Waals surface area contributed by atoms with Crippen LogP contribution in [0.2, 0.25) is 0 Å². The van der Waals surface area contributed by atoms with Crippen molar-refractivity contribution in [2.24, 2.45) is 0 Å². The number of carbonyl (C=O) groups is 2. The molecule has 162 valence electrons. The van der Waals surface area contributed by atoms with Crippen LogP contribution in [0.15, 0.2) is 33.8 Å². The number of hydrogen-bond acceptors (Lipinski definition) is 6. The molecule has 1 N–H and O–H groups in total. The average Bonchev–Trinajstić information content (AvgIpc) is 3.10. The second kappa shape index (κ2) is 8.89. The Kier molecular flexibility index (Phi) is 6.22. The number of thiophene rings is 1. The molecule has 3 heterocycles. The molecular weight excluding hydrogens is 484 g/mol. The second-order valence-corrected chi connectivity index (χ2v) is 9.24. The van der Waals surface area contributed by atoms with E-state index >= 15 is 0 Å². The van der Waals surface area contributed by atoms with Gasteiger partial charge in [0.05, 0.1) is 29.8 Å². The zero-order valence-electron chi connectivity index (χ0n) is 17.1. The Bertz CT molecular complexity index is 1230. The van der Waals surface area contributed by atoms with E-state index in [0.29, 0.717) is 52.6 Å². The molecule has 31 heavy (non-hydrogen) atoms. The van der Waals surface area contributed by atoms with E-state index in [9.17, 15) is 14.4 Å². The van der Waals surface area contributed by atoms with Crippen molar-refractivity contribution >= 4 is 55.0 Å². The van der Waals surface area contributed by atoms with Crippen LogP contribution in [-0.2, 0) is 16.1 Å². The maximum Gasteiger partial charge on any atom is 0.266 e. The predicted octanol–water partition coefficient (Wildman–Crippen LogP) is 2.95. The molecule has 0 aliphatic carbocycles. The molecule has 2 aromatic heterocycles. The van der Waals surface area contributed by atoms with Gasteiger partial charge < -0.3 is 15.0 Å². The summed E-state index contributed by atoms with van der Waals surface area (Å²) in [6.07, 6.45) is 1.37. The van der Waals surface area contributed by atoms with Crippen molar-refractivity contribution < 1.29 is 14.3 Å². The zero-order chi connectivity index (χ0) is 22.1. The van der Waals surface area contributed by atoms with Crippen LogP contribution < -0.4 is 10.9 Å². The molecule has 3 aromatic rings. The van der Waals surface area contributed by atoms with Crippen molar-refractivity contribution in [1.82, 2.24) is 14.5 Å². The van der Waals surface area contributed by atoms with Gasteiger partial charge in [0.1, 0.15) is 11.4 Å². The third-order valence-electron chi connectivity index (χ3n) is 5.23. The molecule has 0 bridgehead atoms. The number of fused-ring (bicyclic) bond motifs is 1. The SMILES string of the molecule is Cc1cc(Br)ccc1NC(=O)c1sc2ncn(CC(=O)N3CCOCC3)c(=O)c2c1C. The summed E-state index contributed by atoms with van der Waals surface area (Å²) in [7, 11) is 0. The van der Waals surface area contributed by atoms with Gasteiger partial charge in [0, 0.05) is 23.2 Å². The summed E-state index contributed by atoms with van der Waals surface area (Å²) in [4.78, 5) is 45.4. The topological polar surface area (TPSA) is 93.5 Å². The smallest absolute Gasteiger partial charge is 0.266 e. The van der Waals surface area contributed by atoms with E-state index < -0.39 is 0 Å². The van der Waals surface area contributed by atoms with Crippen LogP contribution >= 0.6 is 27.3 Å². The largest absolute Gasteiger partial charge is 0.378 e. The summed E-state index contributed by atoms with van der Waals surface area (Å²) in [6.45, 7) is 5.58. The Balaban J connectivity index is 1.61. The van der Waals surface area contributed by atoms with Gasteiger partial charge in [0.25, 0.3) is 11.5 Å². The summed E-state index contributed by atoms with van der Waals surface area (Å²) in [5.41, 5.74) is 1.87. The van der Waals surface area contributed by atoms with Gasteiger partial charge >= 0.3 is 0 Å². The first-order valence-corrected chi connectivity index (χ1v) is 11.4. The van der Waals surface area contributed by atoms with Crippen LogP contribution in [0, 0.1) is 13.8 Å². The highest BCUT2D eigenvalue weighted by molar-refractivity contribution is 9.10. The number of hydrogen-bond donors (Lipinski definition) is 1. The number of nitrogens with one attached hydrogen (secondary N) is 1. The Morgan fingerprint density at radius 3 is 2.71 bits per heavy atom. The fraction of sp³-hybridized carbons (Fsp3) is 0.333. The minimum Gasteiger partial charge on any atom is -0.378 e. The highest BCUT2D eigenvalue weighted by Crippen LogP contribution is 2.28. The van der Waals surface area contributed by atoms with E-state index in [1.54, 1.807) is 11.8 Å². The van der Waals surface area contributed by atoms with Crippen molar-refractivity contribution in [3.05, 3.63) is 55.4 Å². The molecule has 0 radical (unpaired) electrons. The van der Waals surface area contributed by atoms with Crippen LogP contribution in [0.4, 0.5) is 5.69 Å². The molecule has 10 heteroatoms. The van der Waals surface area contributed by atoms with Crippen molar-refractivity contribution in [2.75, 3.05) is 31.6 Å². The highest BCUT2D eigenvalue weighted by atomic mass is 79.9. The molecule has 1 aromatic carbocycles. The van der Waals surface area contributed by atoms with Gasteiger partial charge in [-0.2, -0.15) is 0 Å². The van der Waals surface area contributed by atoms with Crippen molar-refractivity contribution in [1.29, 1.82) is 0 Å². The van der Waals surface area contributed by atoms with E-state index in [2.05, 4.69) is 26.2 Å². The van der Waals surface area contributed by atoms with Crippen LogP contribution in [0.25, 0.3) is 10.2 Å². The fourth-order valence-corrected chi connectivity index (χ4v) is 5.00. The van der Waals surface area contributed by atoms with Crippen molar-refractivity contribution in [2.45, 2.75) is 20.4 Å². The van der Waals surface area contributed by atoms with E-state index in [0.717, 1.165) is 10.0 Å². The lowest BCUT2D eigenvalue weighted by Gasteiger charge is -2.26. The van der Waals surface area contributed by atoms with Crippen LogP contribution in [0.1, 0.15) is 20.8 Å². The van der Waals surface area contributed by atoms with Crippen molar-refractivity contribution in [3.8, 4) is 0 Å². The van der Waals surface area contributed by atoms with Crippen LogP contribution in [0.5, 0.6) is 0 Å². The highest BCUT2D eigenvalue weighted by Gasteiger charge is 2.22. The van der Waals surface area contributed by atoms with Gasteiger partial charge in [-0.1, -0.05) is 15.9 Å². The fourth-order valence-electron chi connectivity index (χ4n) is 3.49. The molecule has 1 aliphatic heterocycles. The minimum atomic E-state index is -0.320. The number of carbonyl (C=O) groups excluding carboxylic acids is 2. The molecule has 1 fully saturated rings. The van der Waals surface area contributed by atoms with Gasteiger partial charge in [0.2, 0.25) is 5.91 Å². The molecule has 0 saturated carbocycles. The lowest BCUT2D eigenvalue weighted by Crippen LogP contribution is -2.43. The van der Waals surface area contributed by atoms with E-state index in [-0.39, 0.29) is 23.9 Å². The Labute approximate surface area is 191 Å². The third kappa shape index (κ3) is 4.41. The normalized spacial score (nSPS) is 14.1. The molecule has 2 amide bonds. The van der Waals surface area contributed by atoms with E-state index in [1.807, 2.05) is 25.1 Å². The Morgan fingerprint density at radius 2 is 2.00 bits per heavy atom. The van der Waals surface area contributed by atoms with Gasteiger partial charge in [-0.3, -0.25) is 19.0 Å². The predicted molar refractivity (Wildman–Crippen MR) is 123 cm³/mol. The second-order valence-electron chi connectivity index (χ2n) is 7.32. The number of aromatic nitrogens is 2. The lowest BCUT2D eigenvalue weighted by molar-refractivity contribution is -0.135. The van der Waals surface area contributed by atoms with Gasteiger partial charge in [0.15, 0.2) is 0 Å². The molecule has 8 nitrogen and oxygen atoms in total. The Morgan fingerprint density at radius 1 is 1.26 bits per heavy atom. The summed E-state index contributed by atoms with van der Waals surface area (Å²) >= 11 is 4.58. The number of ether oxygens (including phenoxy) is 1. The summed E-state index contributed by atoms with van der Waals surface area (Å²) in [5.74, 6) is -0.440. The molecule has 0 atom stereocenters. The number of benzene rings is 1. The van der Waals surface area contributed by atoms with E-state index in [1.165, 1.54) is 22.2 Å². The standard InChI is InChI=1S/C21H21BrN4O4S/c1-12-9-14(22)3-4-15(12)24-19(28)18-13(2)17-20(31-18)23-11-26(21(17)29)10-16(27)25-5-7-30-8-6-25/h3-4,9,11H,5-8,10H2,1-2H3,(H,24,28). The first kappa shape index (κ1) is 21.7. The number of amides is 2. The quantitative estimate of drug-likeness (QED) is 0.589. The van der Waals surface area contributed by atoms with E-state index in [4.69, 9.17) is 4.74 Å². The molecule has 1 aliphatic rings. The number of morpholine rings is 1. The lowest BCUT2D eigenvalue weighted by atomic mass is 10.2. The first-order valence-electron chi connectivity index (χ1n) is 9.76. The van der Waals surface area contributed by atoms with Gasteiger partial charge in [-0.05, 0) is 43.2 Å². The third-order valence-corrected chi connectivity index (χ3v) is 6.92. The van der Waals surface area contributed by atoms with Gasteiger partial charge in [-0.25, -0.2) is 4.98 Å². The Hall–Kier alpha value is -2.56. The summed E-state index contributed by atoms with van der Waals surface area (Å²) < 4.78 is 7.50. The number of halogens is 1.